The summed E-state index contributed by atoms with van der Waals surface area (Å²) in [5.74, 6) is 0.566. The average molecular weight is 220 g/mol. The quantitative estimate of drug-likeness (QED) is 0.734. The second-order valence-electron chi connectivity index (χ2n) is 3.53. The Bertz CT molecular complexity index is 687. The van der Waals surface area contributed by atoms with Crippen LogP contribution in [0.5, 0.6) is 0 Å². The first-order valence-electron chi connectivity index (χ1n) is 4.84. The van der Waals surface area contributed by atoms with E-state index in [0.29, 0.717) is 17.0 Å². The molecule has 1 N–H and O–H groups in total. The summed E-state index contributed by atoms with van der Waals surface area (Å²) in [6, 6.07) is 0. The molecular weight excluding hydrogens is 208 g/mol. The monoisotopic (exact) mass is 220 g/mol. The lowest BCUT2D eigenvalue weighted by Gasteiger charge is -2.00. The Morgan fingerprint density at radius 2 is 1.94 bits per heavy atom. The molecule has 6 nitrogen and oxygen atoms in total. The Morgan fingerprint density at radius 1 is 1.25 bits per heavy atom. The lowest BCUT2D eigenvalue weighted by Crippen LogP contribution is -2.36. The van der Waals surface area contributed by atoms with E-state index in [2.05, 4.69) is 9.97 Å². The van der Waals surface area contributed by atoms with E-state index in [1.807, 2.05) is 6.92 Å². The summed E-state index contributed by atoms with van der Waals surface area (Å²) < 4.78 is 2.40. The van der Waals surface area contributed by atoms with Gasteiger partial charge in [0.05, 0.1) is 0 Å². The maximum Gasteiger partial charge on any atom is 0.332 e. The van der Waals surface area contributed by atoms with Gasteiger partial charge in [0.25, 0.3) is 5.56 Å². The summed E-state index contributed by atoms with van der Waals surface area (Å²) in [6.45, 7) is 1.85. The molecule has 6 heteroatoms. The van der Waals surface area contributed by atoms with Gasteiger partial charge in [-0.1, -0.05) is 6.08 Å². The number of fused-ring (bicyclic) bond motifs is 1. The maximum absolute atomic E-state index is 11.8. The van der Waals surface area contributed by atoms with Crippen molar-refractivity contribution in [3.05, 3.63) is 32.7 Å². The number of hydrogen-bond acceptors (Lipinski definition) is 3. The highest BCUT2D eigenvalue weighted by molar-refractivity contribution is 5.71. The smallest absolute Gasteiger partial charge is 0.332 e. The van der Waals surface area contributed by atoms with Crippen molar-refractivity contribution in [1.29, 1.82) is 0 Å². The molecule has 0 aliphatic carbocycles. The van der Waals surface area contributed by atoms with Crippen molar-refractivity contribution >= 4 is 17.2 Å². The first-order valence-corrected chi connectivity index (χ1v) is 4.84. The van der Waals surface area contributed by atoms with Crippen LogP contribution in [-0.4, -0.2) is 19.1 Å². The first kappa shape index (κ1) is 10.4. The second kappa shape index (κ2) is 3.48. The predicted octanol–water partition coefficient (Wildman–Crippen LogP) is -0.00660. The molecule has 0 aliphatic rings. The van der Waals surface area contributed by atoms with Gasteiger partial charge in [-0.3, -0.25) is 13.9 Å². The molecule has 2 heterocycles. The molecule has 0 amide bonds. The average Bonchev–Trinajstić information content (AvgIpc) is 2.68. The van der Waals surface area contributed by atoms with Crippen LogP contribution in [0, 0.1) is 0 Å². The Balaban J connectivity index is 2.98. The van der Waals surface area contributed by atoms with Crippen LogP contribution >= 0.6 is 0 Å². The zero-order valence-electron chi connectivity index (χ0n) is 9.31. The lowest BCUT2D eigenvalue weighted by molar-refractivity contribution is 0.709. The number of aryl methyl sites for hydroxylation is 1. The predicted molar refractivity (Wildman–Crippen MR) is 61.3 cm³/mol. The third-order valence-corrected chi connectivity index (χ3v) is 2.44. The molecule has 2 rings (SSSR count). The van der Waals surface area contributed by atoms with Crippen molar-refractivity contribution in [2.75, 3.05) is 0 Å². The highest BCUT2D eigenvalue weighted by atomic mass is 16.2. The van der Waals surface area contributed by atoms with Gasteiger partial charge in [0, 0.05) is 14.1 Å². The molecule has 0 saturated carbocycles. The van der Waals surface area contributed by atoms with Crippen molar-refractivity contribution in [2.45, 2.75) is 6.92 Å². The van der Waals surface area contributed by atoms with E-state index in [9.17, 15) is 9.59 Å². The number of aromatic nitrogens is 4. The molecule has 16 heavy (non-hydrogen) atoms. The summed E-state index contributed by atoms with van der Waals surface area (Å²) in [4.78, 5) is 30.5. The van der Waals surface area contributed by atoms with Crippen molar-refractivity contribution < 1.29 is 0 Å². The van der Waals surface area contributed by atoms with Gasteiger partial charge in [0.1, 0.15) is 11.3 Å². The van der Waals surface area contributed by atoms with Crippen LogP contribution in [0.1, 0.15) is 12.7 Å². The molecule has 84 valence electrons. The SMILES string of the molecule is C/C=C\c1nc2c([nH]1)c(=O)n(C)c(=O)n2C. The minimum absolute atomic E-state index is 0.345. The molecule has 2 aromatic rings. The molecule has 0 unspecified atom stereocenters. The fourth-order valence-electron chi connectivity index (χ4n) is 1.58. The summed E-state index contributed by atoms with van der Waals surface area (Å²) in [7, 11) is 3.03. The number of imidazole rings is 1. The number of rotatable bonds is 1. The van der Waals surface area contributed by atoms with Crippen LogP contribution in [0.25, 0.3) is 17.2 Å². The van der Waals surface area contributed by atoms with Gasteiger partial charge < -0.3 is 4.98 Å². The van der Waals surface area contributed by atoms with E-state index >= 15 is 0 Å². The molecule has 0 saturated heterocycles. The van der Waals surface area contributed by atoms with Gasteiger partial charge in [-0.25, -0.2) is 9.78 Å². The van der Waals surface area contributed by atoms with E-state index in [4.69, 9.17) is 0 Å². The molecule has 0 aliphatic heterocycles. The topological polar surface area (TPSA) is 72.7 Å². The third kappa shape index (κ3) is 1.30. The minimum atomic E-state index is -0.379. The van der Waals surface area contributed by atoms with Crippen LogP contribution in [0.3, 0.4) is 0 Å². The fourth-order valence-corrected chi connectivity index (χ4v) is 1.58. The summed E-state index contributed by atoms with van der Waals surface area (Å²) in [6.07, 6.45) is 3.55. The van der Waals surface area contributed by atoms with E-state index in [1.54, 1.807) is 19.2 Å². The van der Waals surface area contributed by atoms with Crippen molar-refractivity contribution in [3.8, 4) is 0 Å². The van der Waals surface area contributed by atoms with Crippen LogP contribution in [0.15, 0.2) is 15.7 Å². The van der Waals surface area contributed by atoms with Crippen LogP contribution in [0.2, 0.25) is 0 Å². The molecule has 0 bridgehead atoms. The van der Waals surface area contributed by atoms with Gasteiger partial charge in [0.15, 0.2) is 5.65 Å². The molecule has 0 radical (unpaired) electrons. The lowest BCUT2D eigenvalue weighted by atomic mass is 10.5. The second-order valence-corrected chi connectivity index (χ2v) is 3.53. The maximum atomic E-state index is 11.8. The molecule has 0 atom stereocenters. The Labute approximate surface area is 90.9 Å². The van der Waals surface area contributed by atoms with Gasteiger partial charge in [-0.2, -0.15) is 0 Å². The van der Waals surface area contributed by atoms with Crippen molar-refractivity contribution in [1.82, 2.24) is 19.1 Å². The molecule has 2 aromatic heterocycles. The van der Waals surface area contributed by atoms with Gasteiger partial charge >= 0.3 is 5.69 Å². The van der Waals surface area contributed by atoms with Crippen LogP contribution in [-0.2, 0) is 14.1 Å². The Kier molecular flexibility index (Phi) is 2.26. The highest BCUT2D eigenvalue weighted by Gasteiger charge is 2.11. The molecule has 0 fully saturated rings. The number of nitrogens with zero attached hydrogens (tertiary/aromatic N) is 3. The largest absolute Gasteiger partial charge is 0.333 e. The van der Waals surface area contributed by atoms with Crippen LogP contribution < -0.4 is 11.2 Å². The highest BCUT2D eigenvalue weighted by Crippen LogP contribution is 2.05. The number of aromatic amines is 1. The number of hydrogen-bond donors (Lipinski definition) is 1. The Hall–Kier alpha value is -2.11. The number of H-pyrrole nitrogens is 1. The zero-order chi connectivity index (χ0) is 11.9. The van der Waals surface area contributed by atoms with Crippen molar-refractivity contribution in [2.24, 2.45) is 14.1 Å². The van der Waals surface area contributed by atoms with E-state index in [1.165, 1.54) is 11.6 Å². The molecule has 0 spiro atoms. The molecular formula is C10H12N4O2. The fraction of sp³-hybridized carbons (Fsp3) is 0.300. The summed E-state index contributed by atoms with van der Waals surface area (Å²) in [5, 5.41) is 0. The minimum Gasteiger partial charge on any atom is -0.333 e. The van der Waals surface area contributed by atoms with Gasteiger partial charge in [-0.05, 0) is 13.0 Å². The van der Waals surface area contributed by atoms with Gasteiger partial charge in [-0.15, -0.1) is 0 Å². The Morgan fingerprint density at radius 3 is 2.56 bits per heavy atom. The normalized spacial score (nSPS) is 11.7. The van der Waals surface area contributed by atoms with E-state index in [-0.39, 0.29) is 11.2 Å². The van der Waals surface area contributed by atoms with Crippen molar-refractivity contribution in [3.63, 3.8) is 0 Å². The first-order chi connectivity index (χ1) is 7.56. The summed E-state index contributed by atoms with van der Waals surface area (Å²) in [5.41, 5.74) is -0.0173. The number of allylic oxidation sites excluding steroid dienone is 1. The van der Waals surface area contributed by atoms with E-state index < -0.39 is 0 Å². The van der Waals surface area contributed by atoms with Crippen LogP contribution in [0.4, 0.5) is 0 Å². The zero-order valence-corrected chi connectivity index (χ0v) is 9.31. The standard InChI is InChI=1S/C10H12N4O2/c1-4-5-6-11-7-8(12-6)13(2)10(16)14(3)9(7)15/h4-5H,1-3H3,(H,11,12)/b5-4-. The molecule has 0 aromatic carbocycles. The third-order valence-electron chi connectivity index (χ3n) is 2.44. The summed E-state index contributed by atoms with van der Waals surface area (Å²) >= 11 is 0. The van der Waals surface area contributed by atoms with E-state index in [0.717, 1.165) is 4.57 Å². The number of nitrogens with one attached hydrogen (secondary N) is 1. The van der Waals surface area contributed by atoms with Gasteiger partial charge in [0.2, 0.25) is 0 Å².